The minimum Gasteiger partial charge on any atom is -0.287 e. The van der Waals surface area contributed by atoms with Gasteiger partial charge < -0.3 is 0 Å². The van der Waals surface area contributed by atoms with Gasteiger partial charge in [-0.05, 0) is 42.7 Å². The molecule has 2 heteroatoms. The van der Waals surface area contributed by atoms with Crippen LogP contribution in [0, 0.1) is 6.92 Å². The molecule has 0 saturated heterocycles. The van der Waals surface area contributed by atoms with Crippen LogP contribution in [0.25, 0.3) is 10.9 Å². The summed E-state index contributed by atoms with van der Waals surface area (Å²) in [6, 6.07) is 27.8. The lowest BCUT2D eigenvalue weighted by molar-refractivity contribution is 0.103. The minimum atomic E-state index is -0.0287. The van der Waals surface area contributed by atoms with Gasteiger partial charge in [-0.15, -0.1) is 0 Å². The van der Waals surface area contributed by atoms with Gasteiger partial charge in [-0.1, -0.05) is 72.3 Å². The molecule has 0 bridgehead atoms. The molecule has 26 heavy (non-hydrogen) atoms. The number of carbonyl (C=O) groups excluding carboxylic acids is 1. The summed E-state index contributed by atoms with van der Waals surface area (Å²) in [6.07, 6.45) is 0.686. The molecule has 0 atom stereocenters. The summed E-state index contributed by atoms with van der Waals surface area (Å²) in [4.78, 5) is 17.8. The molecule has 0 fully saturated rings. The second-order valence-corrected chi connectivity index (χ2v) is 6.55. The van der Waals surface area contributed by atoms with E-state index >= 15 is 0 Å². The molecule has 0 amide bonds. The Balaban J connectivity index is 1.87. The molecule has 1 heterocycles. The number of hydrogen-bond acceptors (Lipinski definition) is 2. The van der Waals surface area contributed by atoms with Crippen LogP contribution >= 0.6 is 0 Å². The van der Waals surface area contributed by atoms with Gasteiger partial charge in [-0.3, -0.25) is 4.79 Å². The van der Waals surface area contributed by atoms with Crippen molar-refractivity contribution in [3.8, 4) is 0 Å². The number of benzene rings is 3. The number of ketones is 1. The fourth-order valence-corrected chi connectivity index (χ4v) is 3.21. The zero-order chi connectivity index (χ0) is 17.9. The zero-order valence-corrected chi connectivity index (χ0v) is 14.6. The molecule has 0 radical (unpaired) electrons. The van der Waals surface area contributed by atoms with E-state index in [-0.39, 0.29) is 5.78 Å². The Hall–Kier alpha value is -3.26. The van der Waals surface area contributed by atoms with Crippen LogP contribution in [-0.4, -0.2) is 10.8 Å². The van der Waals surface area contributed by atoms with E-state index in [1.54, 1.807) is 0 Å². The number of hydrogen-bond donors (Lipinski definition) is 0. The first-order valence-corrected chi connectivity index (χ1v) is 8.75. The third-order valence-corrected chi connectivity index (χ3v) is 4.54. The first kappa shape index (κ1) is 16.2. The van der Waals surface area contributed by atoms with E-state index < -0.39 is 0 Å². The maximum absolute atomic E-state index is 13.1. The van der Waals surface area contributed by atoms with Crippen molar-refractivity contribution >= 4 is 16.7 Å². The van der Waals surface area contributed by atoms with Gasteiger partial charge in [-0.25, -0.2) is 4.98 Å². The highest BCUT2D eigenvalue weighted by Crippen LogP contribution is 2.23. The molecule has 0 aliphatic rings. The van der Waals surface area contributed by atoms with Gasteiger partial charge in [0, 0.05) is 10.9 Å². The number of aryl methyl sites for hydroxylation is 1. The molecule has 4 aromatic rings. The predicted molar refractivity (Wildman–Crippen MR) is 106 cm³/mol. The molecule has 2 nitrogen and oxygen atoms in total. The monoisotopic (exact) mass is 337 g/mol. The lowest BCUT2D eigenvalue weighted by Crippen LogP contribution is -2.09. The van der Waals surface area contributed by atoms with Gasteiger partial charge in [-0.2, -0.15) is 0 Å². The first-order chi connectivity index (χ1) is 12.7. The van der Waals surface area contributed by atoms with Crippen molar-refractivity contribution in [2.24, 2.45) is 0 Å². The molecule has 0 saturated carbocycles. The maximum atomic E-state index is 13.1. The summed E-state index contributed by atoms with van der Waals surface area (Å²) in [6.45, 7) is 2.07. The minimum absolute atomic E-state index is 0.0287. The van der Waals surface area contributed by atoms with Crippen LogP contribution in [0.5, 0.6) is 0 Å². The quantitative estimate of drug-likeness (QED) is 0.469. The zero-order valence-electron chi connectivity index (χ0n) is 14.6. The van der Waals surface area contributed by atoms with E-state index in [1.807, 2.05) is 60.7 Å². The van der Waals surface area contributed by atoms with Crippen molar-refractivity contribution in [3.63, 3.8) is 0 Å². The summed E-state index contributed by atoms with van der Waals surface area (Å²) >= 11 is 0. The smallest absolute Gasteiger partial charge is 0.211 e. The fraction of sp³-hybridized carbons (Fsp3) is 0.0833. The van der Waals surface area contributed by atoms with Crippen LogP contribution in [0.4, 0.5) is 0 Å². The first-order valence-electron chi connectivity index (χ1n) is 8.75. The standard InChI is InChI=1S/C24H19NO/c1-17-12-13-22-20(14-17)16-21(15-18-8-4-2-5-9-18)23(25-22)24(26)19-10-6-3-7-11-19/h2-14,16H,15H2,1H3. The Labute approximate surface area is 153 Å². The average Bonchev–Trinajstić information content (AvgIpc) is 2.68. The third kappa shape index (κ3) is 3.27. The molecule has 0 aliphatic carbocycles. The van der Waals surface area contributed by atoms with Crippen LogP contribution in [0.2, 0.25) is 0 Å². The van der Waals surface area contributed by atoms with E-state index in [4.69, 9.17) is 4.98 Å². The number of aromatic nitrogens is 1. The highest BCUT2D eigenvalue weighted by Gasteiger charge is 2.17. The Morgan fingerprint density at radius 2 is 1.54 bits per heavy atom. The Morgan fingerprint density at radius 3 is 2.27 bits per heavy atom. The maximum Gasteiger partial charge on any atom is 0.211 e. The van der Waals surface area contributed by atoms with Crippen molar-refractivity contribution in [1.29, 1.82) is 0 Å². The molecule has 0 unspecified atom stereocenters. The van der Waals surface area contributed by atoms with Crippen molar-refractivity contribution in [2.75, 3.05) is 0 Å². The van der Waals surface area contributed by atoms with Crippen molar-refractivity contribution < 1.29 is 4.79 Å². The Bertz CT molecular complexity index is 1070. The highest BCUT2D eigenvalue weighted by molar-refractivity contribution is 6.09. The van der Waals surface area contributed by atoms with Crippen molar-refractivity contribution in [3.05, 3.63) is 113 Å². The molecule has 4 rings (SSSR count). The Kier molecular flexibility index (Phi) is 4.32. The van der Waals surface area contributed by atoms with Gasteiger partial charge in [0.05, 0.1) is 5.52 Å². The third-order valence-electron chi connectivity index (χ3n) is 4.54. The van der Waals surface area contributed by atoms with Gasteiger partial charge in [0.25, 0.3) is 0 Å². The molecule has 0 N–H and O–H groups in total. The van der Waals surface area contributed by atoms with E-state index in [9.17, 15) is 4.79 Å². The van der Waals surface area contributed by atoms with Crippen LogP contribution in [0.15, 0.2) is 84.9 Å². The predicted octanol–water partition coefficient (Wildman–Crippen LogP) is 5.37. The SMILES string of the molecule is Cc1ccc2nc(C(=O)c3ccccc3)c(Cc3ccccc3)cc2c1. The van der Waals surface area contributed by atoms with Crippen LogP contribution < -0.4 is 0 Å². The lowest BCUT2D eigenvalue weighted by atomic mass is 9.96. The second kappa shape index (κ2) is 6.93. The number of pyridine rings is 1. The van der Waals surface area contributed by atoms with Gasteiger partial charge >= 0.3 is 0 Å². The Morgan fingerprint density at radius 1 is 0.846 bits per heavy atom. The summed E-state index contributed by atoms with van der Waals surface area (Å²) in [5.41, 5.74) is 5.38. The molecule has 0 aliphatic heterocycles. The highest BCUT2D eigenvalue weighted by atomic mass is 16.1. The number of nitrogens with zero attached hydrogens (tertiary/aromatic N) is 1. The van der Waals surface area contributed by atoms with E-state index in [2.05, 4.69) is 31.2 Å². The fourth-order valence-electron chi connectivity index (χ4n) is 3.21. The molecule has 0 spiro atoms. The van der Waals surface area contributed by atoms with Crippen LogP contribution in [0.3, 0.4) is 0 Å². The molecule has 3 aromatic carbocycles. The summed E-state index contributed by atoms with van der Waals surface area (Å²) < 4.78 is 0. The largest absolute Gasteiger partial charge is 0.287 e. The summed E-state index contributed by atoms with van der Waals surface area (Å²) in [5, 5.41) is 1.07. The van der Waals surface area contributed by atoms with Crippen LogP contribution in [0.1, 0.15) is 32.7 Å². The van der Waals surface area contributed by atoms with Crippen molar-refractivity contribution in [2.45, 2.75) is 13.3 Å². The van der Waals surface area contributed by atoms with E-state index in [1.165, 1.54) is 11.1 Å². The summed E-state index contributed by atoms with van der Waals surface area (Å²) in [7, 11) is 0. The molecular weight excluding hydrogens is 318 g/mol. The van der Waals surface area contributed by atoms with Gasteiger partial charge in [0.1, 0.15) is 5.69 Å². The van der Waals surface area contributed by atoms with E-state index in [0.29, 0.717) is 17.7 Å². The van der Waals surface area contributed by atoms with Gasteiger partial charge in [0.15, 0.2) is 0 Å². The number of carbonyl (C=O) groups is 1. The second-order valence-electron chi connectivity index (χ2n) is 6.55. The van der Waals surface area contributed by atoms with Crippen LogP contribution in [-0.2, 0) is 6.42 Å². The normalized spacial score (nSPS) is 10.8. The molecule has 1 aromatic heterocycles. The van der Waals surface area contributed by atoms with Gasteiger partial charge in [0.2, 0.25) is 5.78 Å². The van der Waals surface area contributed by atoms with Crippen molar-refractivity contribution in [1.82, 2.24) is 4.98 Å². The number of fused-ring (bicyclic) bond motifs is 1. The topological polar surface area (TPSA) is 30.0 Å². The molecular formula is C24H19NO. The lowest BCUT2D eigenvalue weighted by Gasteiger charge is -2.11. The average molecular weight is 337 g/mol. The number of rotatable bonds is 4. The summed E-state index contributed by atoms with van der Waals surface area (Å²) in [5.74, 6) is -0.0287. The molecule has 126 valence electrons. The van der Waals surface area contributed by atoms with E-state index in [0.717, 1.165) is 16.5 Å².